The van der Waals surface area contributed by atoms with Crippen molar-refractivity contribution in [1.29, 1.82) is 0 Å². The van der Waals surface area contributed by atoms with Gasteiger partial charge in [0.1, 0.15) is 30.2 Å². The lowest BCUT2D eigenvalue weighted by atomic mass is 9.94. The summed E-state index contributed by atoms with van der Waals surface area (Å²) in [4.78, 5) is 53.3. The fourth-order valence-electron chi connectivity index (χ4n) is 8.27. The third kappa shape index (κ3) is 9.40. The van der Waals surface area contributed by atoms with Crippen LogP contribution in [0.2, 0.25) is 10.0 Å². The van der Waals surface area contributed by atoms with E-state index >= 15 is 0 Å². The molecule has 2 N–H and O–H groups in total. The summed E-state index contributed by atoms with van der Waals surface area (Å²) in [5.74, 6) is -1.43. The number of hydrogen-bond acceptors (Lipinski definition) is 6. The van der Waals surface area contributed by atoms with Gasteiger partial charge in [-0.2, -0.15) is 0 Å². The number of benzene rings is 5. The van der Waals surface area contributed by atoms with E-state index in [0.717, 1.165) is 28.9 Å². The highest BCUT2D eigenvalue weighted by atomic mass is 35.5. The van der Waals surface area contributed by atoms with Crippen molar-refractivity contribution in [1.82, 2.24) is 9.80 Å². The molecule has 12 heteroatoms. The Morgan fingerprint density at radius 3 is 1.80 bits per heavy atom. The standard InChI is InChI=1S/C26H24ClNO4.C21H20ClNO4/c27-22-9-5-4-8-21(22)23-14-15-24(26(30)31)28(23)25(29)19-10-12-20(13-11-19)32-17-16-18-6-2-1-3-7-18;22-16-7-3-2-6-15(16)17-9-10-18(21(25)26)23(17)20(24)14-11-13-5-1-4-8-19(13)27-12-14/h1-13,23-24H,14-17H2,(H,30,31);1-8,14,17-18H,9-12H2,(H,25,26)/t23-,24+;/m1./s1. The molecule has 0 saturated carbocycles. The van der Waals surface area contributed by atoms with Crippen LogP contribution in [0.5, 0.6) is 11.5 Å². The monoisotopic (exact) mass is 834 g/mol. The number of hydrogen-bond donors (Lipinski definition) is 2. The Bertz CT molecular complexity index is 2290. The number of carbonyl (C=O) groups is 4. The molecule has 0 radical (unpaired) electrons. The van der Waals surface area contributed by atoms with Crippen LogP contribution in [0.15, 0.2) is 127 Å². The molecule has 0 aliphatic carbocycles. The molecule has 5 atom stereocenters. The van der Waals surface area contributed by atoms with Crippen LogP contribution in [-0.4, -0.2) is 69.1 Å². The Morgan fingerprint density at radius 2 is 1.19 bits per heavy atom. The minimum atomic E-state index is -1.01. The number of carboxylic acid groups (broad SMARTS) is 2. The predicted molar refractivity (Wildman–Crippen MR) is 224 cm³/mol. The van der Waals surface area contributed by atoms with Crippen molar-refractivity contribution in [3.8, 4) is 11.5 Å². The van der Waals surface area contributed by atoms with Gasteiger partial charge in [0, 0.05) is 22.0 Å². The summed E-state index contributed by atoms with van der Waals surface area (Å²) in [6, 6.07) is 36.7. The van der Waals surface area contributed by atoms with Gasteiger partial charge in [-0.3, -0.25) is 9.59 Å². The fraction of sp³-hybridized carbons (Fsp3) is 0.277. The van der Waals surface area contributed by atoms with Crippen molar-refractivity contribution in [3.05, 3.63) is 165 Å². The summed E-state index contributed by atoms with van der Waals surface area (Å²) in [6.07, 6.45) is 3.27. The summed E-state index contributed by atoms with van der Waals surface area (Å²) in [5, 5.41) is 20.4. The van der Waals surface area contributed by atoms with Crippen LogP contribution in [0.1, 0.15) is 70.4 Å². The number of nitrogens with zero attached hydrogens (tertiary/aromatic N) is 2. The van der Waals surface area contributed by atoms with Gasteiger partial charge in [-0.15, -0.1) is 0 Å². The Kier molecular flexibility index (Phi) is 13.2. The van der Waals surface area contributed by atoms with Crippen LogP contribution < -0.4 is 9.47 Å². The van der Waals surface area contributed by atoms with Gasteiger partial charge in [0.05, 0.1) is 24.6 Å². The molecule has 3 heterocycles. The minimum absolute atomic E-state index is 0.181. The Balaban J connectivity index is 0.000000181. The average Bonchev–Trinajstić information content (AvgIpc) is 3.91. The number of ether oxygens (including phenoxy) is 2. The zero-order chi connectivity index (χ0) is 41.5. The zero-order valence-corrected chi connectivity index (χ0v) is 33.7. The third-order valence-electron chi connectivity index (χ3n) is 11.2. The molecular weight excluding hydrogens is 791 g/mol. The molecule has 59 heavy (non-hydrogen) atoms. The molecule has 0 aromatic heterocycles. The van der Waals surface area contributed by atoms with E-state index in [4.69, 9.17) is 32.7 Å². The highest BCUT2D eigenvalue weighted by molar-refractivity contribution is 6.31. The molecule has 0 spiro atoms. The van der Waals surface area contributed by atoms with Crippen molar-refractivity contribution < 1.29 is 38.9 Å². The van der Waals surface area contributed by atoms with Crippen molar-refractivity contribution >= 4 is 47.0 Å². The van der Waals surface area contributed by atoms with Crippen molar-refractivity contribution in [2.45, 2.75) is 62.7 Å². The molecule has 2 fully saturated rings. The van der Waals surface area contributed by atoms with E-state index in [9.17, 15) is 29.4 Å². The van der Waals surface area contributed by atoms with E-state index in [-0.39, 0.29) is 30.5 Å². The van der Waals surface area contributed by atoms with Crippen LogP contribution in [-0.2, 0) is 27.2 Å². The summed E-state index contributed by atoms with van der Waals surface area (Å²) in [6.45, 7) is 0.785. The number of fused-ring (bicyclic) bond motifs is 1. The maximum absolute atomic E-state index is 13.4. The van der Waals surface area contributed by atoms with Gasteiger partial charge >= 0.3 is 11.9 Å². The van der Waals surface area contributed by atoms with Crippen molar-refractivity contribution in [2.24, 2.45) is 5.92 Å². The smallest absolute Gasteiger partial charge is 0.326 e. The molecule has 8 rings (SSSR count). The molecule has 5 aromatic carbocycles. The van der Waals surface area contributed by atoms with Crippen molar-refractivity contribution in [3.63, 3.8) is 0 Å². The first kappa shape index (κ1) is 41.3. The number of halogens is 2. The van der Waals surface area contributed by atoms with Crippen LogP contribution in [0.25, 0.3) is 0 Å². The number of carbonyl (C=O) groups excluding carboxylic acids is 2. The lowest BCUT2D eigenvalue weighted by Gasteiger charge is -2.34. The number of aliphatic carboxylic acids is 2. The van der Waals surface area contributed by atoms with Gasteiger partial charge in [0.2, 0.25) is 5.91 Å². The summed E-state index contributed by atoms with van der Waals surface area (Å²) >= 11 is 12.7. The molecule has 3 unspecified atom stereocenters. The quantitative estimate of drug-likeness (QED) is 0.142. The maximum Gasteiger partial charge on any atom is 0.326 e. The number of amides is 2. The SMILES string of the molecule is O=C(O)C1CCC(c2ccccc2Cl)N1C(=O)C1COc2ccccc2C1.O=C(O)[C@@H]1CC[C@H](c2ccccc2Cl)N1C(=O)c1ccc(OCCc2ccccc2)cc1. The zero-order valence-electron chi connectivity index (χ0n) is 32.2. The van der Waals surface area contributed by atoms with Gasteiger partial charge in [0.25, 0.3) is 5.91 Å². The molecule has 0 bridgehead atoms. The molecule has 2 saturated heterocycles. The molecule has 3 aliphatic heterocycles. The predicted octanol–water partition coefficient (Wildman–Crippen LogP) is 9.10. The Hall–Kier alpha value is -5.84. The number of rotatable bonds is 10. The molecule has 3 aliphatic rings. The average molecular weight is 836 g/mol. The summed E-state index contributed by atoms with van der Waals surface area (Å²) in [7, 11) is 0. The molecule has 304 valence electrons. The van der Waals surface area contributed by atoms with Gasteiger partial charge in [-0.05, 0) is 96.8 Å². The van der Waals surface area contributed by atoms with E-state index in [1.165, 1.54) is 15.4 Å². The second-order valence-electron chi connectivity index (χ2n) is 14.8. The van der Waals surface area contributed by atoms with E-state index < -0.39 is 29.9 Å². The summed E-state index contributed by atoms with van der Waals surface area (Å²) in [5.41, 5.74) is 4.16. The molecule has 2 amide bonds. The number of para-hydroxylation sites is 1. The first-order valence-electron chi connectivity index (χ1n) is 19.7. The van der Waals surface area contributed by atoms with E-state index in [0.29, 0.717) is 60.1 Å². The Morgan fingerprint density at radius 1 is 0.644 bits per heavy atom. The van der Waals surface area contributed by atoms with Gasteiger partial charge in [-0.25, -0.2) is 9.59 Å². The number of carboxylic acids is 2. The molecule has 10 nitrogen and oxygen atoms in total. The van der Waals surface area contributed by atoms with E-state index in [1.807, 2.05) is 78.9 Å². The van der Waals surface area contributed by atoms with Crippen LogP contribution in [0.3, 0.4) is 0 Å². The highest BCUT2D eigenvalue weighted by Gasteiger charge is 2.45. The minimum Gasteiger partial charge on any atom is -0.493 e. The summed E-state index contributed by atoms with van der Waals surface area (Å²) < 4.78 is 11.6. The maximum atomic E-state index is 13.4. The van der Waals surface area contributed by atoms with E-state index in [2.05, 4.69) is 12.1 Å². The normalized spacial score (nSPS) is 20.7. The van der Waals surface area contributed by atoms with Crippen molar-refractivity contribution in [2.75, 3.05) is 13.2 Å². The van der Waals surface area contributed by atoms with Gasteiger partial charge in [0.15, 0.2) is 0 Å². The Labute approximate surface area is 352 Å². The van der Waals surface area contributed by atoms with Crippen LogP contribution >= 0.6 is 23.2 Å². The second kappa shape index (κ2) is 18.8. The van der Waals surface area contributed by atoms with E-state index in [1.54, 1.807) is 36.4 Å². The van der Waals surface area contributed by atoms with Crippen LogP contribution in [0, 0.1) is 5.92 Å². The number of likely N-dealkylation sites (tertiary alicyclic amines) is 2. The largest absolute Gasteiger partial charge is 0.493 e. The third-order valence-corrected chi connectivity index (χ3v) is 11.9. The van der Waals surface area contributed by atoms with Crippen LogP contribution in [0.4, 0.5) is 0 Å². The molecular formula is C47H44Cl2N2O8. The fourth-order valence-corrected chi connectivity index (χ4v) is 8.79. The molecule has 5 aromatic rings. The second-order valence-corrected chi connectivity index (χ2v) is 15.6. The van der Waals surface area contributed by atoms with Gasteiger partial charge < -0.3 is 29.5 Å². The lowest BCUT2D eigenvalue weighted by molar-refractivity contribution is -0.152. The lowest BCUT2D eigenvalue weighted by Crippen LogP contribution is -2.47. The topological polar surface area (TPSA) is 134 Å². The first-order valence-corrected chi connectivity index (χ1v) is 20.4. The highest BCUT2D eigenvalue weighted by Crippen LogP contribution is 2.42. The first-order chi connectivity index (χ1) is 28.6. The van der Waals surface area contributed by atoms with Gasteiger partial charge in [-0.1, -0.05) is 108 Å².